The first-order chi connectivity index (χ1) is 13.5. The molecule has 0 bridgehead atoms. The lowest BCUT2D eigenvalue weighted by atomic mass is 9.89. The van der Waals surface area contributed by atoms with Gasteiger partial charge in [-0.05, 0) is 49.1 Å². The Kier molecular flexibility index (Phi) is 4.94. The summed E-state index contributed by atoms with van der Waals surface area (Å²) in [6.07, 6.45) is 4.36. The maximum absolute atomic E-state index is 12.6. The molecule has 1 aromatic carbocycles. The van der Waals surface area contributed by atoms with Gasteiger partial charge in [0.1, 0.15) is 11.1 Å². The number of amides is 1. The number of thiophene rings is 1. The molecular weight excluding hydrogens is 372 g/mol. The van der Waals surface area contributed by atoms with E-state index >= 15 is 0 Å². The number of esters is 1. The second-order valence-corrected chi connectivity index (χ2v) is 8.85. The van der Waals surface area contributed by atoms with Gasteiger partial charge in [-0.15, -0.1) is 11.3 Å². The molecule has 144 valence electrons. The zero-order valence-corrected chi connectivity index (χ0v) is 16.6. The van der Waals surface area contributed by atoms with Crippen molar-refractivity contribution in [1.29, 1.82) is 5.26 Å². The van der Waals surface area contributed by atoms with Crippen LogP contribution < -0.4 is 5.32 Å². The molecule has 2 aliphatic carbocycles. The van der Waals surface area contributed by atoms with Crippen molar-refractivity contribution in [3.8, 4) is 6.07 Å². The van der Waals surface area contributed by atoms with E-state index in [1.807, 2.05) is 30.3 Å². The first-order valence-corrected chi connectivity index (χ1v) is 10.4. The summed E-state index contributed by atoms with van der Waals surface area (Å²) in [5.41, 5.74) is 1.97. The number of anilines is 1. The van der Waals surface area contributed by atoms with Crippen LogP contribution in [0.4, 0.5) is 5.00 Å². The van der Waals surface area contributed by atoms with Gasteiger partial charge in [0.05, 0.1) is 11.0 Å². The summed E-state index contributed by atoms with van der Waals surface area (Å²) in [4.78, 5) is 26.1. The molecule has 1 fully saturated rings. The van der Waals surface area contributed by atoms with Crippen LogP contribution in [0.25, 0.3) is 0 Å². The van der Waals surface area contributed by atoms with E-state index in [1.54, 1.807) is 0 Å². The third kappa shape index (κ3) is 3.43. The highest BCUT2D eigenvalue weighted by Crippen LogP contribution is 2.49. The number of nitrogens with one attached hydrogen (secondary N) is 1. The Bertz CT molecular complexity index is 954. The highest BCUT2D eigenvalue weighted by atomic mass is 32.1. The first kappa shape index (κ1) is 18.7. The Morgan fingerprint density at radius 2 is 2.07 bits per heavy atom. The smallest absolute Gasteiger partial charge is 0.317 e. The lowest BCUT2D eigenvalue weighted by Crippen LogP contribution is -2.28. The monoisotopic (exact) mass is 394 g/mol. The summed E-state index contributed by atoms with van der Waals surface area (Å²) in [6, 6.07) is 11.8. The molecule has 28 heavy (non-hydrogen) atoms. The molecule has 0 aliphatic heterocycles. The number of carbonyl (C=O) groups is 2. The quantitative estimate of drug-likeness (QED) is 0.779. The number of hydrogen-bond acceptors (Lipinski definition) is 5. The molecule has 1 heterocycles. The SMILES string of the molecule is CC1CCc2c(sc(NC(=O)COC(=O)C3(c4ccccc4)CC3)c2C#N)C1. The topological polar surface area (TPSA) is 79.2 Å². The fourth-order valence-corrected chi connectivity index (χ4v) is 5.26. The Morgan fingerprint density at radius 1 is 1.32 bits per heavy atom. The highest BCUT2D eigenvalue weighted by Gasteiger charge is 2.52. The van der Waals surface area contributed by atoms with Crippen LogP contribution in [0.15, 0.2) is 30.3 Å². The third-order valence-corrected chi connectivity index (χ3v) is 6.85. The van der Waals surface area contributed by atoms with Crippen LogP contribution in [-0.2, 0) is 32.6 Å². The molecule has 1 amide bonds. The van der Waals surface area contributed by atoms with Crippen molar-refractivity contribution in [3.63, 3.8) is 0 Å². The molecule has 1 N–H and O–H groups in total. The van der Waals surface area contributed by atoms with Gasteiger partial charge in [0.2, 0.25) is 0 Å². The van der Waals surface area contributed by atoms with Crippen LogP contribution >= 0.6 is 11.3 Å². The minimum atomic E-state index is -0.600. The van der Waals surface area contributed by atoms with Crippen molar-refractivity contribution in [2.75, 3.05) is 11.9 Å². The molecule has 1 atom stereocenters. The van der Waals surface area contributed by atoms with Gasteiger partial charge in [-0.1, -0.05) is 37.3 Å². The molecule has 1 aromatic heterocycles. The number of nitriles is 1. The van der Waals surface area contributed by atoms with E-state index in [0.29, 0.717) is 16.5 Å². The van der Waals surface area contributed by atoms with Gasteiger partial charge in [0.15, 0.2) is 6.61 Å². The molecule has 0 saturated heterocycles. The van der Waals surface area contributed by atoms with Crippen LogP contribution in [0.3, 0.4) is 0 Å². The standard InChI is InChI=1S/C22H22N2O3S/c1-14-7-8-16-17(12-23)20(28-18(16)11-14)24-19(25)13-27-21(26)22(9-10-22)15-5-3-2-4-6-15/h2-6,14H,7-11,13H2,1H3,(H,24,25). The van der Waals surface area contributed by atoms with Gasteiger partial charge in [-0.2, -0.15) is 5.26 Å². The second kappa shape index (κ2) is 7.40. The molecule has 0 spiro atoms. The summed E-state index contributed by atoms with van der Waals surface area (Å²) in [7, 11) is 0. The van der Waals surface area contributed by atoms with Crippen molar-refractivity contribution in [2.24, 2.45) is 5.92 Å². The minimum Gasteiger partial charge on any atom is -0.455 e. The Hall–Kier alpha value is -2.65. The number of rotatable bonds is 5. The fourth-order valence-electron chi connectivity index (χ4n) is 3.88. The van der Waals surface area contributed by atoms with E-state index in [1.165, 1.54) is 16.2 Å². The average Bonchev–Trinajstić information content (AvgIpc) is 3.44. The molecule has 5 nitrogen and oxygen atoms in total. The largest absolute Gasteiger partial charge is 0.455 e. The zero-order valence-electron chi connectivity index (χ0n) is 15.8. The van der Waals surface area contributed by atoms with Crippen molar-refractivity contribution in [3.05, 3.63) is 51.9 Å². The van der Waals surface area contributed by atoms with Gasteiger partial charge in [-0.25, -0.2) is 0 Å². The lowest BCUT2D eigenvalue weighted by Gasteiger charge is -2.17. The van der Waals surface area contributed by atoms with Crippen LogP contribution in [0.1, 0.15) is 47.8 Å². The number of hydrogen-bond donors (Lipinski definition) is 1. The first-order valence-electron chi connectivity index (χ1n) is 9.61. The molecule has 4 rings (SSSR count). The van der Waals surface area contributed by atoms with E-state index in [0.717, 1.165) is 43.2 Å². The second-order valence-electron chi connectivity index (χ2n) is 7.74. The average molecular weight is 394 g/mol. The minimum absolute atomic E-state index is 0.336. The Labute approximate surface area is 168 Å². The fraction of sp³-hybridized carbons (Fsp3) is 0.409. The van der Waals surface area contributed by atoms with Crippen LogP contribution in [-0.4, -0.2) is 18.5 Å². The van der Waals surface area contributed by atoms with Crippen LogP contribution in [0.2, 0.25) is 0 Å². The van der Waals surface area contributed by atoms with Crippen LogP contribution in [0, 0.1) is 17.2 Å². The molecular formula is C22H22N2O3S. The van der Waals surface area contributed by atoms with Crippen molar-refractivity contribution in [1.82, 2.24) is 0 Å². The number of carbonyl (C=O) groups excluding carboxylic acids is 2. The van der Waals surface area contributed by atoms with Gasteiger partial charge >= 0.3 is 5.97 Å². The summed E-state index contributed by atoms with van der Waals surface area (Å²) in [6.45, 7) is 1.87. The van der Waals surface area contributed by atoms with Crippen LogP contribution in [0.5, 0.6) is 0 Å². The van der Waals surface area contributed by atoms with Crippen molar-refractivity contribution >= 4 is 28.2 Å². The zero-order chi connectivity index (χ0) is 19.7. The molecule has 1 unspecified atom stereocenters. The maximum atomic E-state index is 12.6. The molecule has 0 radical (unpaired) electrons. The number of nitrogens with zero attached hydrogens (tertiary/aromatic N) is 1. The van der Waals surface area contributed by atoms with Crippen molar-refractivity contribution in [2.45, 2.75) is 44.4 Å². The number of fused-ring (bicyclic) bond motifs is 1. The summed E-state index contributed by atoms with van der Waals surface area (Å²) >= 11 is 1.47. The predicted molar refractivity (Wildman–Crippen MR) is 107 cm³/mol. The normalized spacial score (nSPS) is 19.2. The molecule has 6 heteroatoms. The van der Waals surface area contributed by atoms with Gasteiger partial charge in [-0.3, -0.25) is 9.59 Å². The van der Waals surface area contributed by atoms with E-state index < -0.39 is 11.3 Å². The number of ether oxygens (including phenoxy) is 1. The van der Waals surface area contributed by atoms with Gasteiger partial charge in [0.25, 0.3) is 5.91 Å². The van der Waals surface area contributed by atoms with Gasteiger partial charge in [0, 0.05) is 4.88 Å². The maximum Gasteiger partial charge on any atom is 0.317 e. The van der Waals surface area contributed by atoms with E-state index in [-0.39, 0.29) is 12.6 Å². The van der Waals surface area contributed by atoms with E-state index in [9.17, 15) is 14.9 Å². The van der Waals surface area contributed by atoms with Gasteiger partial charge < -0.3 is 10.1 Å². The Balaban J connectivity index is 1.39. The van der Waals surface area contributed by atoms with E-state index in [4.69, 9.17) is 4.74 Å². The summed E-state index contributed by atoms with van der Waals surface area (Å²) in [5, 5.41) is 12.9. The predicted octanol–water partition coefficient (Wildman–Crippen LogP) is 3.96. The summed E-state index contributed by atoms with van der Waals surface area (Å²) in [5.74, 6) is -0.163. The lowest BCUT2D eigenvalue weighted by molar-refractivity contribution is -0.150. The Morgan fingerprint density at radius 3 is 2.75 bits per heavy atom. The summed E-state index contributed by atoms with van der Waals surface area (Å²) < 4.78 is 5.32. The third-order valence-electron chi connectivity index (χ3n) is 5.68. The molecule has 2 aliphatic rings. The highest BCUT2D eigenvalue weighted by molar-refractivity contribution is 7.16. The van der Waals surface area contributed by atoms with E-state index in [2.05, 4.69) is 18.3 Å². The molecule has 2 aromatic rings. The molecule has 1 saturated carbocycles. The number of benzene rings is 1. The van der Waals surface area contributed by atoms with Crippen molar-refractivity contribution < 1.29 is 14.3 Å².